The van der Waals surface area contributed by atoms with Crippen molar-refractivity contribution in [2.45, 2.75) is 77.6 Å². The lowest BCUT2D eigenvalue weighted by Gasteiger charge is -2.35. The molecule has 0 spiro atoms. The number of nitrogens with zero attached hydrogens (tertiary/aromatic N) is 1. The number of benzene rings is 2. The third kappa shape index (κ3) is 8.13. The number of anilines is 1. The topological polar surface area (TPSA) is 117 Å². The lowest BCUT2D eigenvalue weighted by Crippen LogP contribution is -2.53. The van der Waals surface area contributed by atoms with E-state index in [0.717, 1.165) is 12.8 Å². The van der Waals surface area contributed by atoms with E-state index in [1.54, 1.807) is 69.2 Å². The number of amides is 3. The number of hydrogen-bond donors (Lipinski definition) is 3. The summed E-state index contributed by atoms with van der Waals surface area (Å²) >= 11 is 0. The van der Waals surface area contributed by atoms with Crippen molar-refractivity contribution in [3.8, 4) is 11.5 Å². The Kier molecular flexibility index (Phi) is 9.25. The summed E-state index contributed by atoms with van der Waals surface area (Å²) in [7, 11) is 1.56. The van der Waals surface area contributed by atoms with Crippen molar-refractivity contribution >= 4 is 23.6 Å². The number of phenols is 1. The van der Waals surface area contributed by atoms with Crippen LogP contribution in [-0.4, -0.2) is 52.7 Å². The van der Waals surface area contributed by atoms with Crippen molar-refractivity contribution in [2.75, 3.05) is 12.4 Å². The van der Waals surface area contributed by atoms with E-state index in [1.807, 2.05) is 13.8 Å². The number of methoxy groups -OCH3 is 1. The SMILES string of the molecule is COc1ccc(NC(=O)C(c2cccc(O)c2)N(C(=O)C(CC(C)C)NC(=O)OC(C)(C)C)C2CC2)cc1. The van der Waals surface area contributed by atoms with E-state index in [0.29, 0.717) is 23.4 Å². The van der Waals surface area contributed by atoms with Crippen LogP contribution >= 0.6 is 0 Å². The summed E-state index contributed by atoms with van der Waals surface area (Å²) in [6, 6.07) is 11.1. The molecule has 0 saturated heterocycles. The van der Waals surface area contributed by atoms with Crippen LogP contribution in [0.5, 0.6) is 11.5 Å². The molecule has 1 aliphatic carbocycles. The molecule has 0 heterocycles. The normalized spacial score (nSPS) is 14.8. The second kappa shape index (κ2) is 12.2. The molecule has 0 radical (unpaired) electrons. The maximum absolute atomic E-state index is 14.1. The second-order valence-corrected chi connectivity index (χ2v) is 11.0. The molecule has 2 unspecified atom stereocenters. The van der Waals surface area contributed by atoms with Gasteiger partial charge in [-0.15, -0.1) is 0 Å². The van der Waals surface area contributed by atoms with Crippen molar-refractivity contribution < 1.29 is 29.0 Å². The first-order chi connectivity index (χ1) is 17.9. The number of hydrogen-bond acceptors (Lipinski definition) is 6. The Morgan fingerprint density at radius 1 is 1.08 bits per heavy atom. The molecule has 2 atom stereocenters. The number of phenolic OH excluding ortho intramolecular Hbond substituents is 1. The number of carbonyl (C=O) groups is 3. The highest BCUT2D eigenvalue weighted by Gasteiger charge is 2.44. The van der Waals surface area contributed by atoms with Crippen LogP contribution in [0.2, 0.25) is 0 Å². The first-order valence-electron chi connectivity index (χ1n) is 12.9. The Hall–Kier alpha value is -3.75. The quantitative estimate of drug-likeness (QED) is 0.401. The van der Waals surface area contributed by atoms with E-state index in [4.69, 9.17) is 9.47 Å². The van der Waals surface area contributed by atoms with Gasteiger partial charge in [-0.2, -0.15) is 0 Å². The molecule has 38 heavy (non-hydrogen) atoms. The molecule has 1 saturated carbocycles. The lowest BCUT2D eigenvalue weighted by molar-refractivity contribution is -0.141. The van der Waals surface area contributed by atoms with Gasteiger partial charge >= 0.3 is 6.09 Å². The molecule has 0 aliphatic heterocycles. The van der Waals surface area contributed by atoms with Crippen LogP contribution in [0, 0.1) is 5.92 Å². The summed E-state index contributed by atoms with van der Waals surface area (Å²) in [4.78, 5) is 42.1. The van der Waals surface area contributed by atoms with Crippen LogP contribution in [0.3, 0.4) is 0 Å². The highest BCUT2D eigenvalue weighted by atomic mass is 16.6. The highest BCUT2D eigenvalue weighted by Crippen LogP contribution is 2.37. The van der Waals surface area contributed by atoms with Crippen LogP contribution in [-0.2, 0) is 14.3 Å². The highest BCUT2D eigenvalue weighted by molar-refractivity contribution is 5.99. The third-order valence-electron chi connectivity index (χ3n) is 5.96. The number of aromatic hydroxyl groups is 1. The predicted octanol–water partition coefficient (Wildman–Crippen LogP) is 5.01. The maximum Gasteiger partial charge on any atom is 0.408 e. The molecule has 0 aromatic heterocycles. The average molecular weight is 526 g/mol. The molecule has 1 aliphatic rings. The van der Waals surface area contributed by atoms with Gasteiger partial charge in [0, 0.05) is 11.7 Å². The third-order valence-corrected chi connectivity index (χ3v) is 5.96. The van der Waals surface area contributed by atoms with Crippen molar-refractivity contribution in [2.24, 2.45) is 5.92 Å². The standard InChI is InChI=1S/C29H39N3O6/c1-18(2)16-24(31-28(36)38-29(3,4)5)27(35)32(21-12-13-21)25(19-8-7-9-22(33)17-19)26(34)30-20-10-14-23(37-6)15-11-20/h7-11,14-15,17-18,21,24-25,33H,12-13,16H2,1-6H3,(H,30,34)(H,31,36). The number of carbonyl (C=O) groups excluding carboxylic acids is 3. The van der Waals surface area contributed by atoms with Crippen LogP contribution in [0.15, 0.2) is 48.5 Å². The van der Waals surface area contributed by atoms with Crippen molar-refractivity contribution in [1.29, 1.82) is 0 Å². The van der Waals surface area contributed by atoms with E-state index in [1.165, 1.54) is 12.1 Å². The van der Waals surface area contributed by atoms with Crippen LogP contribution in [0.25, 0.3) is 0 Å². The molecule has 0 bridgehead atoms. The fourth-order valence-corrected chi connectivity index (χ4v) is 4.21. The minimum Gasteiger partial charge on any atom is -0.508 e. The first-order valence-corrected chi connectivity index (χ1v) is 12.9. The van der Waals surface area contributed by atoms with Gasteiger partial charge in [0.25, 0.3) is 5.91 Å². The van der Waals surface area contributed by atoms with Crippen LogP contribution in [0.4, 0.5) is 10.5 Å². The van der Waals surface area contributed by atoms with Crippen molar-refractivity contribution in [1.82, 2.24) is 10.2 Å². The Bertz CT molecular complexity index is 1120. The van der Waals surface area contributed by atoms with E-state index in [9.17, 15) is 19.5 Å². The Labute approximate surface area is 224 Å². The monoisotopic (exact) mass is 525 g/mol. The van der Waals surface area contributed by atoms with Crippen molar-refractivity contribution in [3.05, 3.63) is 54.1 Å². The smallest absolute Gasteiger partial charge is 0.408 e. The summed E-state index contributed by atoms with van der Waals surface area (Å²) < 4.78 is 10.6. The van der Waals surface area contributed by atoms with Gasteiger partial charge in [-0.3, -0.25) is 9.59 Å². The van der Waals surface area contributed by atoms with E-state index < -0.39 is 29.7 Å². The minimum absolute atomic E-state index is 0.0152. The summed E-state index contributed by atoms with van der Waals surface area (Å²) in [6.45, 7) is 9.18. The average Bonchev–Trinajstić information content (AvgIpc) is 3.65. The molecular formula is C29H39N3O6. The molecule has 9 nitrogen and oxygen atoms in total. The molecular weight excluding hydrogens is 486 g/mol. The zero-order chi connectivity index (χ0) is 28.0. The van der Waals surface area contributed by atoms with Crippen LogP contribution < -0.4 is 15.4 Å². The van der Waals surface area contributed by atoms with Crippen LogP contribution in [0.1, 0.15) is 65.5 Å². The Balaban J connectivity index is 1.97. The second-order valence-electron chi connectivity index (χ2n) is 11.0. The number of rotatable bonds is 10. The predicted molar refractivity (Wildman–Crippen MR) is 145 cm³/mol. The zero-order valence-corrected chi connectivity index (χ0v) is 23.0. The summed E-state index contributed by atoms with van der Waals surface area (Å²) in [6.07, 6.45) is 1.15. The zero-order valence-electron chi connectivity index (χ0n) is 23.0. The van der Waals surface area contributed by atoms with Gasteiger partial charge in [0.15, 0.2) is 0 Å². The fraction of sp³-hybridized carbons (Fsp3) is 0.483. The van der Waals surface area contributed by atoms with Gasteiger partial charge in [-0.25, -0.2) is 4.79 Å². The summed E-state index contributed by atoms with van der Waals surface area (Å²) in [5.41, 5.74) is 0.278. The maximum atomic E-state index is 14.1. The molecule has 3 amide bonds. The molecule has 3 rings (SSSR count). The number of alkyl carbamates (subject to hydrolysis) is 1. The lowest BCUT2D eigenvalue weighted by atomic mass is 9.98. The van der Waals surface area contributed by atoms with Gasteiger partial charge < -0.3 is 30.1 Å². The van der Waals surface area contributed by atoms with E-state index >= 15 is 0 Å². The van der Waals surface area contributed by atoms with Gasteiger partial charge in [-0.05, 0) is 87.9 Å². The van der Waals surface area contributed by atoms with Gasteiger partial charge in [-0.1, -0.05) is 26.0 Å². The first kappa shape index (κ1) is 28.8. The number of ether oxygens (including phenoxy) is 2. The van der Waals surface area contributed by atoms with Crippen molar-refractivity contribution in [3.63, 3.8) is 0 Å². The molecule has 2 aromatic rings. The van der Waals surface area contributed by atoms with E-state index in [-0.39, 0.29) is 23.6 Å². The fourth-order valence-electron chi connectivity index (χ4n) is 4.21. The van der Waals surface area contributed by atoms with E-state index in [2.05, 4.69) is 10.6 Å². The minimum atomic E-state index is -1.03. The molecule has 1 fully saturated rings. The number of nitrogens with one attached hydrogen (secondary N) is 2. The molecule has 3 N–H and O–H groups in total. The van der Waals surface area contributed by atoms with Gasteiger partial charge in [0.2, 0.25) is 5.91 Å². The summed E-state index contributed by atoms with van der Waals surface area (Å²) in [5.74, 6) is -0.0789. The summed E-state index contributed by atoms with van der Waals surface area (Å²) in [5, 5.41) is 15.8. The Morgan fingerprint density at radius 2 is 1.74 bits per heavy atom. The molecule has 2 aromatic carbocycles. The molecule has 9 heteroatoms. The van der Waals surface area contributed by atoms with Gasteiger partial charge in [0.1, 0.15) is 29.2 Å². The Morgan fingerprint density at radius 3 is 2.26 bits per heavy atom. The molecule has 206 valence electrons. The largest absolute Gasteiger partial charge is 0.508 e. The van der Waals surface area contributed by atoms with Gasteiger partial charge in [0.05, 0.1) is 7.11 Å².